The molecule has 0 bridgehead atoms. The number of benzene rings is 2. The smallest absolute Gasteiger partial charge is 0.283 e. The molecule has 1 aliphatic rings. The van der Waals surface area contributed by atoms with Crippen LogP contribution in [0.25, 0.3) is 11.0 Å². The summed E-state index contributed by atoms with van der Waals surface area (Å²) in [6.07, 6.45) is 5.28. The molecule has 3 aromatic heterocycles. The Kier molecular flexibility index (Phi) is 7.16. The average molecular weight is 639 g/mol. The van der Waals surface area contributed by atoms with E-state index in [1.807, 2.05) is 29.8 Å². The SMILES string of the molecule is COc1ccc(CNc2ncnc3c2c(Br)nn3[C@H]2CCCc3c2cnn3S(=O)(=O)c2ccc(C)cc2)c(OC)c1. The first-order chi connectivity index (χ1) is 19.8. The van der Waals surface area contributed by atoms with Crippen molar-refractivity contribution in [1.29, 1.82) is 0 Å². The van der Waals surface area contributed by atoms with Gasteiger partial charge in [0.2, 0.25) is 0 Å². The van der Waals surface area contributed by atoms with Gasteiger partial charge in [-0.3, -0.25) is 0 Å². The molecule has 6 rings (SSSR count). The van der Waals surface area contributed by atoms with Gasteiger partial charge >= 0.3 is 0 Å². The number of rotatable bonds is 8. The molecule has 5 aromatic rings. The van der Waals surface area contributed by atoms with Gasteiger partial charge < -0.3 is 14.8 Å². The number of fused-ring (bicyclic) bond motifs is 2. The molecule has 13 heteroatoms. The first-order valence-electron chi connectivity index (χ1n) is 13.0. The minimum absolute atomic E-state index is 0.209. The van der Waals surface area contributed by atoms with E-state index in [2.05, 4.69) is 36.3 Å². The van der Waals surface area contributed by atoms with Gasteiger partial charge in [-0.2, -0.15) is 22.7 Å². The van der Waals surface area contributed by atoms with Crippen molar-refractivity contribution in [3.63, 3.8) is 0 Å². The van der Waals surface area contributed by atoms with Gasteiger partial charge in [0, 0.05) is 23.7 Å². The van der Waals surface area contributed by atoms with Crippen LogP contribution in [0, 0.1) is 6.92 Å². The van der Waals surface area contributed by atoms with E-state index in [1.165, 1.54) is 10.4 Å². The molecule has 0 unspecified atom stereocenters. The predicted octanol–water partition coefficient (Wildman–Crippen LogP) is 4.89. The molecule has 1 aliphatic carbocycles. The molecule has 0 spiro atoms. The van der Waals surface area contributed by atoms with Gasteiger partial charge in [0.05, 0.1) is 42.4 Å². The molecule has 3 heterocycles. The Morgan fingerprint density at radius 1 is 1.10 bits per heavy atom. The summed E-state index contributed by atoms with van der Waals surface area (Å²) in [5, 5.41) is 13.3. The van der Waals surface area contributed by atoms with E-state index in [1.54, 1.807) is 44.7 Å². The van der Waals surface area contributed by atoms with Crippen LogP contribution in [0.2, 0.25) is 0 Å². The summed E-state index contributed by atoms with van der Waals surface area (Å²) in [5.41, 5.74) is 4.04. The third-order valence-corrected chi connectivity index (χ3v) is 9.54. The number of hydrogen-bond acceptors (Lipinski definition) is 9. The number of halogens is 1. The quantitative estimate of drug-likeness (QED) is 0.253. The molecule has 0 aliphatic heterocycles. The fourth-order valence-electron chi connectivity index (χ4n) is 5.24. The summed E-state index contributed by atoms with van der Waals surface area (Å²) in [6.45, 7) is 2.37. The van der Waals surface area contributed by atoms with E-state index in [-0.39, 0.29) is 10.9 Å². The van der Waals surface area contributed by atoms with Crippen LogP contribution >= 0.6 is 15.9 Å². The van der Waals surface area contributed by atoms with Crippen LogP contribution in [0.3, 0.4) is 0 Å². The Bertz CT molecular complexity index is 1850. The molecule has 1 atom stereocenters. The zero-order valence-electron chi connectivity index (χ0n) is 22.7. The summed E-state index contributed by atoms with van der Waals surface area (Å²) in [6, 6.07) is 12.2. The minimum atomic E-state index is -3.83. The van der Waals surface area contributed by atoms with Crippen LogP contribution in [-0.4, -0.2) is 51.6 Å². The highest BCUT2D eigenvalue weighted by molar-refractivity contribution is 9.10. The third-order valence-electron chi connectivity index (χ3n) is 7.34. The van der Waals surface area contributed by atoms with Crippen molar-refractivity contribution < 1.29 is 17.9 Å². The Balaban J connectivity index is 1.34. The lowest BCUT2D eigenvalue weighted by atomic mass is 9.93. The normalized spacial score (nSPS) is 15.1. The van der Waals surface area contributed by atoms with E-state index >= 15 is 0 Å². The van der Waals surface area contributed by atoms with E-state index in [4.69, 9.17) is 14.6 Å². The maximum Gasteiger partial charge on any atom is 0.283 e. The van der Waals surface area contributed by atoms with Crippen LogP contribution in [0.1, 0.15) is 41.3 Å². The number of aryl methyl sites for hydroxylation is 1. The molecule has 0 amide bonds. The standard InChI is InChI=1S/C28H28BrN7O4S/c1-17-7-11-20(12-8-17)41(37,38)36-23-6-4-5-22(21(23)15-33-36)35-28-25(26(29)34-35)27(31-16-32-28)30-14-18-9-10-19(39-2)13-24(18)40-3/h7-13,15-16,22H,4-6,14H2,1-3H3,(H,30,31,32)/t22-/m0/s1. The summed E-state index contributed by atoms with van der Waals surface area (Å²) < 4.78 is 41.4. The summed E-state index contributed by atoms with van der Waals surface area (Å²) in [7, 11) is -0.601. The van der Waals surface area contributed by atoms with Gasteiger partial charge in [-0.15, -0.1) is 0 Å². The Hall–Kier alpha value is -3.97. The van der Waals surface area contributed by atoms with Crippen LogP contribution < -0.4 is 14.8 Å². The van der Waals surface area contributed by atoms with Gasteiger partial charge in [-0.05, 0) is 66.4 Å². The molecular formula is C28H28BrN7O4S. The number of nitrogens with zero attached hydrogens (tertiary/aromatic N) is 6. The average Bonchev–Trinajstić information content (AvgIpc) is 3.58. The van der Waals surface area contributed by atoms with Crippen LogP contribution in [0.5, 0.6) is 11.5 Å². The van der Waals surface area contributed by atoms with Crippen molar-refractivity contribution >= 4 is 42.8 Å². The first-order valence-corrected chi connectivity index (χ1v) is 15.3. The molecule has 0 saturated carbocycles. The molecule has 0 fully saturated rings. The van der Waals surface area contributed by atoms with E-state index in [0.29, 0.717) is 46.2 Å². The van der Waals surface area contributed by atoms with Crippen molar-refractivity contribution in [1.82, 2.24) is 28.9 Å². The number of nitrogens with one attached hydrogen (secondary N) is 1. The molecule has 41 heavy (non-hydrogen) atoms. The molecular weight excluding hydrogens is 610 g/mol. The summed E-state index contributed by atoms with van der Waals surface area (Å²) in [5.74, 6) is 2.02. The summed E-state index contributed by atoms with van der Waals surface area (Å²) in [4.78, 5) is 9.26. The summed E-state index contributed by atoms with van der Waals surface area (Å²) >= 11 is 3.61. The number of anilines is 1. The zero-order valence-corrected chi connectivity index (χ0v) is 25.1. The molecule has 1 N–H and O–H groups in total. The van der Waals surface area contributed by atoms with Gasteiger partial charge in [-0.25, -0.2) is 14.6 Å². The minimum Gasteiger partial charge on any atom is -0.497 e. The van der Waals surface area contributed by atoms with Gasteiger partial charge in [0.1, 0.15) is 28.2 Å². The maximum absolute atomic E-state index is 13.5. The second-order valence-electron chi connectivity index (χ2n) is 9.80. The van der Waals surface area contributed by atoms with E-state index < -0.39 is 10.0 Å². The van der Waals surface area contributed by atoms with E-state index in [9.17, 15) is 8.42 Å². The van der Waals surface area contributed by atoms with Crippen molar-refractivity contribution in [2.24, 2.45) is 0 Å². The third kappa shape index (κ3) is 4.82. The lowest BCUT2D eigenvalue weighted by molar-refractivity contribution is 0.391. The fourth-order valence-corrected chi connectivity index (χ4v) is 7.11. The number of ether oxygens (including phenoxy) is 2. The zero-order chi connectivity index (χ0) is 28.7. The maximum atomic E-state index is 13.5. The van der Waals surface area contributed by atoms with Crippen molar-refractivity contribution in [2.75, 3.05) is 19.5 Å². The highest BCUT2D eigenvalue weighted by atomic mass is 79.9. The van der Waals surface area contributed by atoms with Crippen LogP contribution in [0.15, 0.2) is 64.5 Å². The topological polar surface area (TPSA) is 126 Å². The molecule has 0 saturated heterocycles. The van der Waals surface area contributed by atoms with E-state index in [0.717, 1.165) is 34.9 Å². The highest BCUT2D eigenvalue weighted by Gasteiger charge is 2.32. The Morgan fingerprint density at radius 3 is 2.66 bits per heavy atom. The van der Waals surface area contributed by atoms with Gasteiger partial charge in [0.15, 0.2) is 5.65 Å². The first kappa shape index (κ1) is 27.2. The Morgan fingerprint density at radius 2 is 1.90 bits per heavy atom. The molecule has 2 aromatic carbocycles. The molecule has 11 nitrogen and oxygen atoms in total. The highest BCUT2D eigenvalue weighted by Crippen LogP contribution is 2.38. The largest absolute Gasteiger partial charge is 0.497 e. The Labute approximate surface area is 245 Å². The molecule has 0 radical (unpaired) electrons. The van der Waals surface area contributed by atoms with Crippen molar-refractivity contribution in [3.05, 3.63) is 82.0 Å². The predicted molar refractivity (Wildman–Crippen MR) is 157 cm³/mol. The monoisotopic (exact) mass is 637 g/mol. The van der Waals surface area contributed by atoms with Crippen molar-refractivity contribution in [3.8, 4) is 11.5 Å². The lowest BCUT2D eigenvalue weighted by Crippen LogP contribution is -2.23. The van der Waals surface area contributed by atoms with Crippen LogP contribution in [0.4, 0.5) is 5.82 Å². The number of methoxy groups -OCH3 is 2. The number of hydrogen-bond donors (Lipinski definition) is 1. The fraction of sp³-hybridized carbons (Fsp3) is 0.286. The van der Waals surface area contributed by atoms with Gasteiger partial charge in [0.25, 0.3) is 10.0 Å². The second-order valence-corrected chi connectivity index (χ2v) is 12.3. The number of aromatic nitrogens is 6. The van der Waals surface area contributed by atoms with Gasteiger partial charge in [-0.1, -0.05) is 17.7 Å². The molecule has 212 valence electrons. The van der Waals surface area contributed by atoms with Crippen molar-refractivity contribution in [2.45, 2.75) is 43.7 Å². The lowest BCUT2D eigenvalue weighted by Gasteiger charge is -2.23. The van der Waals surface area contributed by atoms with Crippen LogP contribution in [-0.2, 0) is 23.0 Å². The second kappa shape index (κ2) is 10.8.